The molecule has 0 bridgehead atoms. The van der Waals surface area contributed by atoms with Crippen LogP contribution in [-0.2, 0) is 17.6 Å². The van der Waals surface area contributed by atoms with Gasteiger partial charge < -0.3 is 25.6 Å². The molecule has 9 heteroatoms. The summed E-state index contributed by atoms with van der Waals surface area (Å²) in [6, 6.07) is 11.2. The van der Waals surface area contributed by atoms with Gasteiger partial charge in [0.05, 0.1) is 4.70 Å². The van der Waals surface area contributed by atoms with Crippen LogP contribution >= 0.6 is 22.9 Å². The van der Waals surface area contributed by atoms with Crippen molar-refractivity contribution < 1.29 is 9.90 Å². The molecule has 196 valence electrons. The Bertz CT molecular complexity index is 1180. The molecular formula is C27H37ClN4O3S. The van der Waals surface area contributed by atoms with Crippen LogP contribution in [0.15, 0.2) is 41.2 Å². The second kappa shape index (κ2) is 13.2. The number of amides is 1. The average Bonchev–Trinajstić information content (AvgIpc) is 3.21. The molecule has 7 nitrogen and oxygen atoms in total. The summed E-state index contributed by atoms with van der Waals surface area (Å²) < 4.78 is 0.818. The lowest BCUT2D eigenvalue weighted by Crippen LogP contribution is -2.40. The second-order valence-corrected chi connectivity index (χ2v) is 11.7. The second-order valence-electron chi connectivity index (χ2n) is 10.3. The van der Waals surface area contributed by atoms with E-state index in [0.29, 0.717) is 30.0 Å². The van der Waals surface area contributed by atoms with Gasteiger partial charge in [-0.05, 0) is 54.1 Å². The van der Waals surface area contributed by atoms with Gasteiger partial charge in [-0.3, -0.25) is 9.59 Å². The average molecular weight is 533 g/mol. The Morgan fingerprint density at radius 1 is 1.06 bits per heavy atom. The molecule has 1 aromatic heterocycles. The number of nitrogens with one attached hydrogen (secondary N) is 3. The number of halogens is 1. The van der Waals surface area contributed by atoms with Gasteiger partial charge in [0.15, 0.2) is 0 Å². The van der Waals surface area contributed by atoms with Gasteiger partial charge in [-0.15, -0.1) is 0 Å². The smallest absolute Gasteiger partial charge is 0.305 e. The summed E-state index contributed by atoms with van der Waals surface area (Å²) in [5, 5.41) is 17.2. The van der Waals surface area contributed by atoms with Crippen LogP contribution in [-0.4, -0.2) is 60.2 Å². The van der Waals surface area contributed by atoms with Crippen LogP contribution in [0, 0.1) is 5.41 Å². The van der Waals surface area contributed by atoms with E-state index < -0.39 is 0 Å². The van der Waals surface area contributed by atoms with E-state index in [1.165, 1.54) is 0 Å². The summed E-state index contributed by atoms with van der Waals surface area (Å²) in [5.74, 6) is 0.171. The first-order valence-corrected chi connectivity index (χ1v) is 13.6. The minimum Gasteiger partial charge on any atom is -0.506 e. The van der Waals surface area contributed by atoms with Gasteiger partial charge in [-0.25, -0.2) is 0 Å². The zero-order valence-corrected chi connectivity index (χ0v) is 22.9. The number of fused-ring (bicyclic) bond motifs is 1. The molecule has 0 saturated heterocycles. The first-order chi connectivity index (χ1) is 17.1. The number of carbonyl (C=O) groups excluding carboxylic acids is 1. The van der Waals surface area contributed by atoms with E-state index in [-0.39, 0.29) is 21.9 Å². The van der Waals surface area contributed by atoms with Crippen LogP contribution in [0.1, 0.15) is 38.3 Å². The van der Waals surface area contributed by atoms with E-state index in [2.05, 4.69) is 41.3 Å². The zero-order chi connectivity index (χ0) is 26.1. The van der Waals surface area contributed by atoms with E-state index in [1.54, 1.807) is 6.07 Å². The highest BCUT2D eigenvalue weighted by Crippen LogP contribution is 2.27. The van der Waals surface area contributed by atoms with Gasteiger partial charge in [-0.1, -0.05) is 61.9 Å². The Morgan fingerprint density at radius 2 is 1.81 bits per heavy atom. The van der Waals surface area contributed by atoms with Crippen molar-refractivity contribution in [1.82, 2.24) is 20.5 Å². The molecule has 0 saturated carbocycles. The van der Waals surface area contributed by atoms with Gasteiger partial charge in [0.1, 0.15) is 11.3 Å². The van der Waals surface area contributed by atoms with Gasteiger partial charge in [0.25, 0.3) is 0 Å². The number of aromatic nitrogens is 1. The van der Waals surface area contributed by atoms with Crippen LogP contribution in [0.3, 0.4) is 0 Å². The molecular weight excluding hydrogens is 496 g/mol. The van der Waals surface area contributed by atoms with Gasteiger partial charge in [0, 0.05) is 44.2 Å². The molecule has 1 amide bonds. The van der Waals surface area contributed by atoms with Crippen molar-refractivity contribution in [2.75, 3.05) is 39.3 Å². The monoisotopic (exact) mass is 532 g/mol. The topological polar surface area (TPSA) is 97.5 Å². The lowest BCUT2D eigenvalue weighted by molar-refractivity contribution is -0.121. The molecule has 0 spiro atoms. The Balaban J connectivity index is 1.40. The number of aromatic amines is 1. The number of benzene rings is 2. The van der Waals surface area contributed by atoms with E-state index in [0.717, 1.165) is 66.2 Å². The molecule has 1 heterocycles. The molecule has 36 heavy (non-hydrogen) atoms. The molecule has 0 aliphatic carbocycles. The summed E-state index contributed by atoms with van der Waals surface area (Å²) in [5.41, 5.74) is 2.85. The first-order valence-electron chi connectivity index (χ1n) is 12.4. The molecule has 3 aromatic rings. The Hall–Kier alpha value is -2.39. The minimum absolute atomic E-state index is 0.0673. The highest BCUT2D eigenvalue weighted by Gasteiger charge is 2.17. The number of H-pyrrole nitrogens is 1. The molecule has 4 N–H and O–H groups in total. The molecule has 0 unspecified atom stereocenters. The number of thiazole rings is 1. The number of phenolic OH excluding ortho intramolecular Hbond substituents is 1. The van der Waals surface area contributed by atoms with Crippen LogP contribution in [0.5, 0.6) is 5.75 Å². The highest BCUT2D eigenvalue weighted by atomic mass is 35.5. The first kappa shape index (κ1) is 28.2. The predicted octanol–water partition coefficient (Wildman–Crippen LogP) is 4.18. The molecule has 0 aliphatic rings. The molecule has 0 atom stereocenters. The van der Waals surface area contributed by atoms with Crippen LogP contribution in [0.2, 0.25) is 5.02 Å². The number of nitrogens with zero attached hydrogens (tertiary/aromatic N) is 1. The fourth-order valence-electron chi connectivity index (χ4n) is 4.14. The lowest BCUT2D eigenvalue weighted by Gasteiger charge is -2.30. The van der Waals surface area contributed by atoms with Crippen molar-refractivity contribution in [2.45, 2.75) is 40.0 Å². The zero-order valence-electron chi connectivity index (χ0n) is 21.3. The fraction of sp³-hybridized carbons (Fsp3) is 0.481. The minimum atomic E-state index is -0.160. The Labute approximate surface area is 221 Å². The molecule has 0 radical (unpaired) electrons. The quantitative estimate of drug-likeness (QED) is 0.248. The maximum absolute atomic E-state index is 12.4. The van der Waals surface area contributed by atoms with Crippen molar-refractivity contribution in [3.63, 3.8) is 0 Å². The maximum Gasteiger partial charge on any atom is 0.305 e. The Kier molecular flexibility index (Phi) is 10.4. The van der Waals surface area contributed by atoms with Crippen molar-refractivity contribution in [1.29, 1.82) is 0 Å². The van der Waals surface area contributed by atoms with Crippen LogP contribution in [0.4, 0.5) is 0 Å². The number of rotatable bonds is 13. The molecule has 0 aliphatic heterocycles. The van der Waals surface area contributed by atoms with E-state index in [4.69, 9.17) is 11.6 Å². The molecule has 2 aromatic carbocycles. The number of carbonyl (C=O) groups is 1. The largest absolute Gasteiger partial charge is 0.506 e. The SMILES string of the molecule is CC(C)(C)CN(CCNCCc1ccc(O)c2[nH]c(=O)sc12)CCC(=O)NCCc1ccc(Cl)cc1. The number of hydrogen-bond donors (Lipinski definition) is 4. The number of aromatic hydroxyl groups is 1. The highest BCUT2D eigenvalue weighted by molar-refractivity contribution is 7.16. The van der Waals surface area contributed by atoms with Crippen molar-refractivity contribution >= 4 is 39.1 Å². The fourth-order valence-corrected chi connectivity index (χ4v) is 5.16. The number of phenols is 1. The van der Waals surface area contributed by atoms with Gasteiger partial charge in [-0.2, -0.15) is 0 Å². The third kappa shape index (κ3) is 9.24. The van der Waals surface area contributed by atoms with Crippen molar-refractivity contribution in [3.05, 3.63) is 62.2 Å². The van der Waals surface area contributed by atoms with Gasteiger partial charge in [0.2, 0.25) is 5.91 Å². The van der Waals surface area contributed by atoms with E-state index in [1.807, 2.05) is 30.3 Å². The maximum atomic E-state index is 12.4. The summed E-state index contributed by atoms with van der Waals surface area (Å²) in [6.45, 7) is 11.3. The normalized spacial score (nSPS) is 11.9. The van der Waals surface area contributed by atoms with Crippen molar-refractivity contribution in [3.8, 4) is 5.75 Å². The lowest BCUT2D eigenvalue weighted by atomic mass is 9.96. The summed E-state index contributed by atoms with van der Waals surface area (Å²) in [4.78, 5) is 29.0. The van der Waals surface area contributed by atoms with Crippen LogP contribution in [0.25, 0.3) is 10.2 Å². The third-order valence-corrected chi connectivity index (χ3v) is 7.03. The molecule has 3 rings (SSSR count). The summed E-state index contributed by atoms with van der Waals surface area (Å²) >= 11 is 7.05. The van der Waals surface area contributed by atoms with Crippen molar-refractivity contribution in [2.24, 2.45) is 5.41 Å². The Morgan fingerprint density at radius 3 is 2.53 bits per heavy atom. The predicted molar refractivity (Wildman–Crippen MR) is 149 cm³/mol. The molecule has 0 fully saturated rings. The summed E-state index contributed by atoms with van der Waals surface area (Å²) in [7, 11) is 0. The number of hydrogen-bond acceptors (Lipinski definition) is 6. The van der Waals surface area contributed by atoms with Crippen LogP contribution < -0.4 is 15.5 Å². The standard InChI is InChI=1S/C27H37ClN4O3S/c1-27(2,3)18-32(16-12-23(34)30-14-10-19-4-7-21(28)8-5-19)17-15-29-13-11-20-6-9-22(33)24-25(20)36-26(35)31-24/h4-9,29,33H,10-18H2,1-3H3,(H,30,34)(H,31,35). The summed E-state index contributed by atoms with van der Waals surface area (Å²) in [6.07, 6.45) is 2.01. The van der Waals surface area contributed by atoms with Gasteiger partial charge >= 0.3 is 4.87 Å². The third-order valence-electron chi connectivity index (χ3n) is 5.82. The van der Waals surface area contributed by atoms with E-state index >= 15 is 0 Å². The van der Waals surface area contributed by atoms with E-state index in [9.17, 15) is 14.7 Å².